The number of rotatable bonds is 17. The van der Waals surface area contributed by atoms with E-state index in [1.807, 2.05) is 0 Å². The van der Waals surface area contributed by atoms with Crippen LogP contribution in [0.15, 0.2) is 0 Å². The van der Waals surface area contributed by atoms with Gasteiger partial charge >= 0.3 is 51.4 Å². The molecule has 0 rings (SSSR count). The standard InChI is InChI=1S/C18H38O4S.K/c1-2-3-4-5-6-7-8-9-10-11-12-13-14-15-16-17-18(19)23(20,21)22;/h18-19H,2-17H2,1H3,(H,20,21,22);/q;+1/p-1. The minimum Gasteiger partial charge on any atom is -0.746 e. The van der Waals surface area contributed by atoms with Gasteiger partial charge in [0.15, 0.2) is 0 Å². The van der Waals surface area contributed by atoms with Crippen LogP contribution in [-0.2, 0) is 10.1 Å². The molecule has 0 fully saturated rings. The van der Waals surface area contributed by atoms with Crippen LogP contribution in [0.1, 0.15) is 110 Å². The molecular weight excluding hydrogens is 351 g/mol. The van der Waals surface area contributed by atoms with Crippen LogP contribution in [0.25, 0.3) is 0 Å². The van der Waals surface area contributed by atoms with Gasteiger partial charge in [0.2, 0.25) is 0 Å². The molecule has 1 unspecified atom stereocenters. The van der Waals surface area contributed by atoms with Gasteiger partial charge in [-0.2, -0.15) is 0 Å². The zero-order valence-electron chi connectivity index (χ0n) is 16.0. The minimum atomic E-state index is -4.52. The van der Waals surface area contributed by atoms with Crippen LogP contribution in [0.5, 0.6) is 0 Å². The summed E-state index contributed by atoms with van der Waals surface area (Å²) in [6.45, 7) is 2.25. The van der Waals surface area contributed by atoms with Crippen molar-refractivity contribution in [2.45, 2.75) is 115 Å². The molecule has 0 saturated carbocycles. The summed E-state index contributed by atoms with van der Waals surface area (Å²) in [6.07, 6.45) is 18.6. The summed E-state index contributed by atoms with van der Waals surface area (Å²) in [7, 11) is -4.52. The molecule has 0 aromatic heterocycles. The Morgan fingerprint density at radius 1 is 0.708 bits per heavy atom. The summed E-state index contributed by atoms with van der Waals surface area (Å²) in [5, 5.41) is 9.09. The van der Waals surface area contributed by atoms with Crippen LogP contribution in [0.2, 0.25) is 0 Å². The van der Waals surface area contributed by atoms with E-state index in [1.165, 1.54) is 70.6 Å². The van der Waals surface area contributed by atoms with Crippen molar-refractivity contribution in [2.24, 2.45) is 0 Å². The van der Waals surface area contributed by atoms with Crippen LogP contribution in [-0.4, -0.2) is 23.5 Å². The number of unbranched alkanes of at least 4 members (excludes halogenated alkanes) is 14. The number of hydrogen-bond donors (Lipinski definition) is 1. The third kappa shape index (κ3) is 19.8. The maximum atomic E-state index is 10.5. The summed E-state index contributed by atoms with van der Waals surface area (Å²) < 4.78 is 31.5. The van der Waals surface area contributed by atoms with Crippen LogP contribution < -0.4 is 51.4 Å². The van der Waals surface area contributed by atoms with E-state index in [-0.39, 0.29) is 57.8 Å². The van der Waals surface area contributed by atoms with E-state index in [9.17, 15) is 13.0 Å². The first kappa shape index (κ1) is 27.7. The molecule has 0 radical (unpaired) electrons. The maximum absolute atomic E-state index is 10.5. The zero-order chi connectivity index (χ0) is 17.4. The first-order chi connectivity index (χ1) is 11.0. The van der Waals surface area contributed by atoms with Gasteiger partial charge in [0, 0.05) is 0 Å². The van der Waals surface area contributed by atoms with Crippen molar-refractivity contribution in [3.8, 4) is 0 Å². The second-order valence-corrected chi connectivity index (χ2v) is 8.22. The summed E-state index contributed by atoms with van der Waals surface area (Å²) >= 11 is 0. The van der Waals surface area contributed by atoms with Gasteiger partial charge in [0.1, 0.15) is 15.6 Å². The Balaban J connectivity index is 0. The first-order valence-corrected chi connectivity index (χ1v) is 11.1. The third-order valence-corrected chi connectivity index (χ3v) is 5.29. The molecule has 4 nitrogen and oxygen atoms in total. The molecule has 0 heterocycles. The van der Waals surface area contributed by atoms with E-state index < -0.39 is 15.6 Å². The number of aliphatic hydroxyl groups is 1. The van der Waals surface area contributed by atoms with Gasteiger partial charge in [0.25, 0.3) is 0 Å². The Morgan fingerprint density at radius 3 is 1.29 bits per heavy atom. The molecule has 0 aliphatic rings. The van der Waals surface area contributed by atoms with E-state index in [4.69, 9.17) is 5.11 Å². The van der Waals surface area contributed by atoms with Crippen molar-refractivity contribution in [3.63, 3.8) is 0 Å². The van der Waals surface area contributed by atoms with Crippen molar-refractivity contribution in [1.29, 1.82) is 0 Å². The summed E-state index contributed by atoms with van der Waals surface area (Å²) in [4.78, 5) is 0. The fraction of sp³-hybridized carbons (Fsp3) is 1.00. The summed E-state index contributed by atoms with van der Waals surface area (Å²) in [6, 6.07) is 0. The van der Waals surface area contributed by atoms with Gasteiger partial charge in [-0.3, -0.25) is 0 Å². The van der Waals surface area contributed by atoms with E-state index in [0.717, 1.165) is 19.3 Å². The average Bonchev–Trinajstić information content (AvgIpc) is 2.50. The smallest absolute Gasteiger partial charge is 0.746 e. The fourth-order valence-electron chi connectivity index (χ4n) is 2.83. The Morgan fingerprint density at radius 2 is 1.00 bits per heavy atom. The van der Waals surface area contributed by atoms with Crippen molar-refractivity contribution in [2.75, 3.05) is 0 Å². The molecule has 24 heavy (non-hydrogen) atoms. The monoisotopic (exact) mass is 388 g/mol. The van der Waals surface area contributed by atoms with Crippen molar-refractivity contribution in [1.82, 2.24) is 0 Å². The molecule has 140 valence electrons. The Labute approximate surface area is 192 Å². The Kier molecular flexibility index (Phi) is 22.3. The zero-order valence-corrected chi connectivity index (χ0v) is 19.9. The molecule has 6 heteroatoms. The van der Waals surface area contributed by atoms with Crippen LogP contribution in [0.4, 0.5) is 0 Å². The molecule has 0 aliphatic heterocycles. The normalized spacial score (nSPS) is 12.8. The van der Waals surface area contributed by atoms with E-state index >= 15 is 0 Å². The molecule has 1 atom stereocenters. The predicted octanol–water partition coefficient (Wildman–Crippen LogP) is 2.12. The quantitative estimate of drug-likeness (QED) is 0.235. The summed E-state index contributed by atoms with van der Waals surface area (Å²) in [5.41, 5.74) is -1.72. The molecule has 1 N–H and O–H groups in total. The van der Waals surface area contributed by atoms with E-state index in [2.05, 4.69) is 6.92 Å². The SMILES string of the molecule is CCCCCCCCCCCCCCCCCC(O)S(=O)(=O)[O-].[K+]. The van der Waals surface area contributed by atoms with E-state index in [1.54, 1.807) is 0 Å². The third-order valence-electron chi connectivity index (χ3n) is 4.39. The molecule has 0 amide bonds. The van der Waals surface area contributed by atoms with Gasteiger partial charge in [-0.15, -0.1) is 0 Å². The molecule has 0 aromatic carbocycles. The average molecular weight is 389 g/mol. The molecule has 0 aromatic rings. The largest absolute Gasteiger partial charge is 1.00 e. The van der Waals surface area contributed by atoms with Gasteiger partial charge in [-0.1, -0.05) is 96.8 Å². The van der Waals surface area contributed by atoms with Crippen LogP contribution in [0, 0.1) is 0 Å². The Bertz CT molecular complexity index is 347. The molecular formula is C18H37KO4S. The van der Waals surface area contributed by atoms with E-state index in [0.29, 0.717) is 6.42 Å². The van der Waals surface area contributed by atoms with Gasteiger partial charge < -0.3 is 9.66 Å². The van der Waals surface area contributed by atoms with Gasteiger partial charge in [0.05, 0.1) is 0 Å². The predicted molar refractivity (Wildman–Crippen MR) is 95.3 cm³/mol. The second kappa shape index (κ2) is 19.3. The van der Waals surface area contributed by atoms with Crippen molar-refractivity contribution >= 4 is 10.1 Å². The van der Waals surface area contributed by atoms with Crippen LogP contribution in [0.3, 0.4) is 0 Å². The maximum Gasteiger partial charge on any atom is 1.00 e. The minimum absolute atomic E-state index is 0. The topological polar surface area (TPSA) is 77.4 Å². The van der Waals surface area contributed by atoms with Crippen LogP contribution >= 0.6 is 0 Å². The van der Waals surface area contributed by atoms with Crippen molar-refractivity contribution < 1.29 is 69.5 Å². The Hall–Kier alpha value is 1.51. The second-order valence-electron chi connectivity index (χ2n) is 6.69. The molecule has 0 aliphatic carbocycles. The van der Waals surface area contributed by atoms with Crippen molar-refractivity contribution in [3.05, 3.63) is 0 Å². The van der Waals surface area contributed by atoms with Gasteiger partial charge in [-0.25, -0.2) is 8.42 Å². The molecule has 0 bridgehead atoms. The molecule has 0 spiro atoms. The number of aliphatic hydroxyl groups excluding tert-OH is 1. The first-order valence-electron chi connectivity index (χ1n) is 9.61. The van der Waals surface area contributed by atoms with Gasteiger partial charge in [-0.05, 0) is 12.8 Å². The fourth-order valence-corrected chi connectivity index (χ4v) is 3.29. The summed E-state index contributed by atoms with van der Waals surface area (Å²) in [5.74, 6) is 0. The number of hydrogen-bond acceptors (Lipinski definition) is 4. The molecule has 0 saturated heterocycles.